The predicted molar refractivity (Wildman–Crippen MR) is 71.9 cm³/mol. The molecule has 0 aliphatic carbocycles. The molecule has 1 aliphatic heterocycles. The fraction of sp³-hybridized carbons (Fsp3) is 0.500. The van der Waals surface area contributed by atoms with Crippen LogP contribution in [-0.2, 0) is 19.6 Å². The van der Waals surface area contributed by atoms with Crippen LogP contribution in [0.25, 0.3) is 0 Å². The quantitative estimate of drug-likeness (QED) is 0.857. The molecule has 0 saturated carbocycles. The van der Waals surface area contributed by atoms with Crippen LogP contribution in [0.1, 0.15) is 12.8 Å². The molecule has 1 aromatic rings. The lowest BCUT2D eigenvalue weighted by Crippen LogP contribution is -2.22. The lowest BCUT2D eigenvalue weighted by molar-refractivity contribution is -0.144. The largest absolute Gasteiger partial charge is 0.481 e. The molecular weight excluding hydrogens is 314 g/mol. The number of nitrogens with two attached hydrogens (primary N) is 1. The van der Waals surface area contributed by atoms with Gasteiger partial charge < -0.3 is 9.84 Å². The molecule has 0 amide bonds. The second-order valence-corrected chi connectivity index (χ2v) is 7.33. The van der Waals surface area contributed by atoms with E-state index in [4.69, 9.17) is 26.6 Å². The molecule has 9 heteroatoms. The zero-order valence-electron chi connectivity index (χ0n) is 9.91. The van der Waals surface area contributed by atoms with Crippen molar-refractivity contribution in [2.24, 2.45) is 11.1 Å². The van der Waals surface area contributed by atoms with Gasteiger partial charge in [-0.2, -0.15) is 0 Å². The van der Waals surface area contributed by atoms with Gasteiger partial charge in [-0.1, -0.05) is 11.6 Å². The number of sulfonamides is 1. The number of halogens is 1. The SMILES string of the molecule is NS(=O)(=O)c1ccc(Cl)s1.O=C(O)C1CCOCC1. The molecule has 0 unspecified atom stereocenters. The number of carboxylic acids is 1. The van der Waals surface area contributed by atoms with Gasteiger partial charge in [-0.3, -0.25) is 4.79 Å². The van der Waals surface area contributed by atoms with Crippen molar-refractivity contribution in [1.82, 2.24) is 0 Å². The van der Waals surface area contributed by atoms with Gasteiger partial charge in [0, 0.05) is 13.2 Å². The van der Waals surface area contributed by atoms with E-state index >= 15 is 0 Å². The summed E-state index contributed by atoms with van der Waals surface area (Å²) in [6.45, 7) is 1.22. The third-order valence-corrected chi connectivity index (χ3v) is 5.07. The second kappa shape index (κ2) is 7.20. The van der Waals surface area contributed by atoms with Gasteiger partial charge in [0.1, 0.15) is 4.21 Å². The van der Waals surface area contributed by atoms with Crippen LogP contribution in [-0.4, -0.2) is 32.7 Å². The Balaban J connectivity index is 0.000000191. The topological polar surface area (TPSA) is 107 Å². The summed E-state index contributed by atoms with van der Waals surface area (Å²) in [6.07, 6.45) is 1.35. The Kier molecular flexibility index (Phi) is 6.21. The van der Waals surface area contributed by atoms with Crippen LogP contribution in [0.4, 0.5) is 0 Å². The van der Waals surface area contributed by atoms with E-state index in [2.05, 4.69) is 0 Å². The maximum Gasteiger partial charge on any atom is 0.306 e. The van der Waals surface area contributed by atoms with E-state index in [-0.39, 0.29) is 10.1 Å². The van der Waals surface area contributed by atoms with Crippen LogP contribution < -0.4 is 5.14 Å². The molecule has 1 aromatic heterocycles. The number of carboxylic acid groups (broad SMARTS) is 1. The maximum absolute atomic E-state index is 10.6. The molecule has 0 bridgehead atoms. The van der Waals surface area contributed by atoms with Crippen molar-refractivity contribution in [3.63, 3.8) is 0 Å². The van der Waals surface area contributed by atoms with Crippen molar-refractivity contribution in [3.05, 3.63) is 16.5 Å². The third-order valence-electron chi connectivity index (χ3n) is 2.40. The summed E-state index contributed by atoms with van der Waals surface area (Å²) in [6, 6.07) is 2.87. The summed E-state index contributed by atoms with van der Waals surface area (Å²) in [5.74, 6) is -0.836. The standard InChI is InChI=1S/C6H10O3.C4H4ClNO2S2/c7-6(8)5-1-3-9-4-2-5;5-3-1-2-4(9-3)10(6,7)8/h5H,1-4H2,(H,7,8);1-2H,(H2,6,7,8). The molecule has 0 spiro atoms. The Morgan fingerprint density at radius 1 is 1.42 bits per heavy atom. The zero-order chi connectivity index (χ0) is 14.5. The minimum Gasteiger partial charge on any atom is -0.481 e. The van der Waals surface area contributed by atoms with Crippen LogP contribution >= 0.6 is 22.9 Å². The molecule has 1 fully saturated rings. The van der Waals surface area contributed by atoms with E-state index < -0.39 is 16.0 Å². The molecule has 6 nitrogen and oxygen atoms in total. The average molecular weight is 328 g/mol. The van der Waals surface area contributed by atoms with Gasteiger partial charge in [0.15, 0.2) is 0 Å². The molecule has 3 N–H and O–H groups in total. The van der Waals surface area contributed by atoms with Gasteiger partial charge in [0.05, 0.1) is 10.3 Å². The number of ether oxygens (including phenoxy) is 1. The molecule has 0 radical (unpaired) electrons. The van der Waals surface area contributed by atoms with Gasteiger partial charge in [-0.15, -0.1) is 11.3 Å². The summed E-state index contributed by atoms with van der Waals surface area (Å²) in [5, 5.41) is 13.3. The van der Waals surface area contributed by atoms with Crippen LogP contribution in [0.15, 0.2) is 16.3 Å². The monoisotopic (exact) mass is 327 g/mol. The number of hydrogen-bond acceptors (Lipinski definition) is 5. The predicted octanol–water partition coefficient (Wildman–Crippen LogP) is 1.55. The van der Waals surface area contributed by atoms with E-state index in [0.717, 1.165) is 11.3 Å². The number of carbonyl (C=O) groups is 1. The number of rotatable bonds is 2. The van der Waals surface area contributed by atoms with E-state index in [9.17, 15) is 13.2 Å². The van der Waals surface area contributed by atoms with E-state index in [1.54, 1.807) is 0 Å². The van der Waals surface area contributed by atoms with Crippen molar-refractivity contribution in [2.45, 2.75) is 17.1 Å². The molecule has 0 aromatic carbocycles. The lowest BCUT2D eigenvalue weighted by Gasteiger charge is -2.17. The molecule has 1 aliphatic rings. The molecule has 2 heterocycles. The van der Waals surface area contributed by atoms with Crippen molar-refractivity contribution in [1.29, 1.82) is 0 Å². The third kappa shape index (κ3) is 5.87. The molecule has 108 valence electrons. The minimum atomic E-state index is -3.55. The average Bonchev–Trinajstić information content (AvgIpc) is 2.78. The van der Waals surface area contributed by atoms with Crippen LogP contribution in [0.5, 0.6) is 0 Å². The highest BCUT2D eigenvalue weighted by Crippen LogP contribution is 2.23. The summed E-state index contributed by atoms with van der Waals surface area (Å²) in [7, 11) is -3.55. The summed E-state index contributed by atoms with van der Waals surface area (Å²) < 4.78 is 26.7. The first-order chi connectivity index (χ1) is 8.80. The van der Waals surface area contributed by atoms with Gasteiger partial charge >= 0.3 is 5.97 Å². The Bertz CT molecular complexity index is 522. The number of thiophene rings is 1. The van der Waals surface area contributed by atoms with Gasteiger partial charge in [0.25, 0.3) is 0 Å². The van der Waals surface area contributed by atoms with Gasteiger partial charge in [-0.25, -0.2) is 13.6 Å². The van der Waals surface area contributed by atoms with Crippen molar-refractivity contribution in [2.75, 3.05) is 13.2 Å². The number of aliphatic carboxylic acids is 1. The molecule has 2 rings (SSSR count). The summed E-state index contributed by atoms with van der Waals surface area (Å²) in [4.78, 5) is 10.3. The minimum absolute atomic E-state index is 0.0949. The van der Waals surface area contributed by atoms with Gasteiger partial charge in [-0.05, 0) is 25.0 Å². The lowest BCUT2D eigenvalue weighted by atomic mass is 10.0. The van der Waals surface area contributed by atoms with Gasteiger partial charge in [0.2, 0.25) is 10.0 Å². The summed E-state index contributed by atoms with van der Waals surface area (Å²) in [5.41, 5.74) is 0. The zero-order valence-corrected chi connectivity index (χ0v) is 12.3. The Labute approximate surface area is 120 Å². The Morgan fingerprint density at radius 3 is 2.26 bits per heavy atom. The van der Waals surface area contributed by atoms with Crippen LogP contribution in [0, 0.1) is 5.92 Å². The molecule has 19 heavy (non-hydrogen) atoms. The van der Waals surface area contributed by atoms with Crippen molar-refractivity contribution >= 4 is 38.9 Å². The smallest absolute Gasteiger partial charge is 0.306 e. The first kappa shape index (κ1) is 16.4. The van der Waals surface area contributed by atoms with E-state index in [1.165, 1.54) is 12.1 Å². The number of hydrogen-bond donors (Lipinski definition) is 2. The highest BCUT2D eigenvalue weighted by molar-refractivity contribution is 7.91. The fourth-order valence-electron chi connectivity index (χ4n) is 1.40. The highest BCUT2D eigenvalue weighted by atomic mass is 35.5. The first-order valence-electron chi connectivity index (χ1n) is 5.39. The van der Waals surface area contributed by atoms with E-state index in [1.807, 2.05) is 0 Å². The maximum atomic E-state index is 10.6. The van der Waals surface area contributed by atoms with Crippen molar-refractivity contribution in [3.8, 4) is 0 Å². The molecule has 1 saturated heterocycles. The Morgan fingerprint density at radius 2 is 2.00 bits per heavy atom. The second-order valence-electron chi connectivity index (χ2n) is 3.83. The van der Waals surface area contributed by atoms with Crippen LogP contribution in [0.2, 0.25) is 4.34 Å². The Hall–Kier alpha value is -0.670. The van der Waals surface area contributed by atoms with Crippen molar-refractivity contribution < 1.29 is 23.1 Å². The highest BCUT2D eigenvalue weighted by Gasteiger charge is 2.19. The summed E-state index contributed by atoms with van der Waals surface area (Å²) >= 11 is 6.41. The normalized spacial score (nSPS) is 16.5. The number of primary sulfonamides is 1. The molecular formula is C10H14ClNO5S2. The first-order valence-corrected chi connectivity index (χ1v) is 8.13. The fourth-order valence-corrected chi connectivity index (χ4v) is 3.30. The van der Waals surface area contributed by atoms with E-state index in [0.29, 0.717) is 30.4 Å². The molecule has 0 atom stereocenters. The van der Waals surface area contributed by atoms with Crippen LogP contribution in [0.3, 0.4) is 0 Å².